The Morgan fingerprint density at radius 2 is 2.18 bits per heavy atom. The summed E-state index contributed by atoms with van der Waals surface area (Å²) in [4.78, 5) is 3.95. The lowest BCUT2D eigenvalue weighted by atomic mass is 10.5. The molecule has 0 bridgehead atoms. The molecule has 0 unspecified atom stereocenters. The van der Waals surface area contributed by atoms with Gasteiger partial charge in [-0.1, -0.05) is 0 Å². The molecular weight excluding hydrogens is 145 g/mol. The number of rotatable bonds is 1. The fourth-order valence-corrected chi connectivity index (χ4v) is 0.772. The molecule has 0 aromatic carbocycles. The van der Waals surface area contributed by atoms with Crippen molar-refractivity contribution in [3.63, 3.8) is 0 Å². The number of hydrogen-bond donors (Lipinski definition) is 2. The maximum atomic E-state index is 7.12. The van der Waals surface area contributed by atoms with Gasteiger partial charge in [-0.3, -0.25) is 0 Å². The molecule has 0 saturated carbocycles. The van der Waals surface area contributed by atoms with Crippen LogP contribution in [0, 0.1) is 0 Å². The van der Waals surface area contributed by atoms with Gasteiger partial charge in [-0.15, -0.1) is 0 Å². The summed E-state index contributed by atoms with van der Waals surface area (Å²) < 4.78 is 4.89. The average molecular weight is 153 g/mol. The van der Waals surface area contributed by atoms with Crippen LogP contribution in [0.2, 0.25) is 0 Å². The quantitative estimate of drug-likeness (QED) is 0.532. The fraction of sp³-hybridized carbons (Fsp3) is 0.167. The highest BCUT2D eigenvalue weighted by atomic mass is 16.5. The van der Waals surface area contributed by atoms with Crippen LogP contribution in [0.15, 0.2) is 12.3 Å². The van der Waals surface area contributed by atoms with Gasteiger partial charge in [0.25, 0.3) is 0 Å². The molecule has 5 heteroatoms. The number of nitrogens with zero attached hydrogens (tertiary/aromatic N) is 1. The van der Waals surface area contributed by atoms with Crippen molar-refractivity contribution in [1.29, 1.82) is 0 Å². The van der Waals surface area contributed by atoms with Gasteiger partial charge in [0.15, 0.2) is 0 Å². The lowest BCUT2D eigenvalue weighted by Gasteiger charge is -1.87. The number of ether oxygens (including phenoxy) is 1. The monoisotopic (exact) mass is 153 g/mol. The summed E-state index contributed by atoms with van der Waals surface area (Å²) in [6, 6.07) is 2.05. The van der Waals surface area contributed by atoms with Gasteiger partial charge in [-0.25, -0.2) is 4.98 Å². The van der Waals surface area contributed by atoms with E-state index in [4.69, 9.17) is 14.8 Å². The van der Waals surface area contributed by atoms with Crippen molar-refractivity contribution in [2.75, 3.05) is 7.11 Å². The summed E-state index contributed by atoms with van der Waals surface area (Å²) in [6.45, 7) is 0. The summed E-state index contributed by atoms with van der Waals surface area (Å²) in [5.41, 5.74) is 2.40. The molecule has 58 valence electrons. The van der Waals surface area contributed by atoms with E-state index in [1.165, 1.54) is 11.1 Å². The second-order valence-electron chi connectivity index (χ2n) is 1.92. The standard InChI is InChI=1S/C6H5NO.BH3O2/c1-8-6-5-2-4(5)3-7-6;2-1-3/h2-3H,1H3;1-3H. The van der Waals surface area contributed by atoms with Crippen LogP contribution in [-0.2, 0) is 0 Å². The fourth-order valence-electron chi connectivity index (χ4n) is 0.772. The van der Waals surface area contributed by atoms with E-state index in [0.717, 1.165) is 5.88 Å². The molecule has 0 amide bonds. The smallest absolute Gasteiger partial charge is 0.432 e. The van der Waals surface area contributed by atoms with E-state index in [-0.39, 0.29) is 0 Å². The zero-order chi connectivity index (χ0) is 8.27. The van der Waals surface area contributed by atoms with Gasteiger partial charge >= 0.3 is 7.69 Å². The van der Waals surface area contributed by atoms with Crippen molar-refractivity contribution in [3.05, 3.63) is 12.3 Å². The molecule has 11 heavy (non-hydrogen) atoms. The summed E-state index contributed by atoms with van der Waals surface area (Å²) in [5.74, 6) is 0.764. The first-order chi connectivity index (χ1) is 5.33. The average Bonchev–Trinajstić information content (AvgIpc) is 2.66. The Morgan fingerprint density at radius 1 is 1.55 bits per heavy atom. The number of fused-ring (bicyclic) bond motifs is 1. The van der Waals surface area contributed by atoms with Crippen molar-refractivity contribution in [1.82, 2.24) is 4.98 Å². The minimum atomic E-state index is -0.750. The second kappa shape index (κ2) is 3.36. The molecule has 4 nitrogen and oxygen atoms in total. The molecule has 0 radical (unpaired) electrons. The Balaban J connectivity index is 0.000000179. The Hall–Kier alpha value is -1.07. The van der Waals surface area contributed by atoms with Crippen molar-refractivity contribution in [3.8, 4) is 17.0 Å². The molecule has 0 aromatic rings. The summed E-state index contributed by atoms with van der Waals surface area (Å²) in [7, 11) is 0.884. The van der Waals surface area contributed by atoms with Crippen LogP contribution in [0.4, 0.5) is 0 Å². The first-order valence-electron chi connectivity index (χ1n) is 3.09. The third-order valence-electron chi connectivity index (χ3n) is 1.27. The van der Waals surface area contributed by atoms with Crippen LogP contribution in [0.3, 0.4) is 0 Å². The summed E-state index contributed by atoms with van der Waals surface area (Å²) >= 11 is 0. The number of methoxy groups -OCH3 is 1. The maximum absolute atomic E-state index is 7.12. The number of pyridine rings is 1. The third-order valence-corrected chi connectivity index (χ3v) is 1.27. The van der Waals surface area contributed by atoms with Gasteiger partial charge in [0.05, 0.1) is 7.11 Å². The van der Waals surface area contributed by atoms with Crippen molar-refractivity contribution >= 4 is 7.69 Å². The normalized spacial score (nSPS) is 9.36. The lowest BCUT2D eigenvalue weighted by molar-refractivity contribution is 0.403. The summed E-state index contributed by atoms with van der Waals surface area (Å²) in [6.07, 6.45) is 1.81. The SMILES string of the molecule is COc1ncc2cc1-2.OBO. The predicted octanol–water partition coefficient (Wildman–Crippen LogP) is -0.692. The first-order valence-corrected chi connectivity index (χ1v) is 3.09. The van der Waals surface area contributed by atoms with Gasteiger partial charge in [-0.2, -0.15) is 0 Å². The van der Waals surface area contributed by atoms with Crippen molar-refractivity contribution < 1.29 is 14.8 Å². The Bertz CT molecular complexity index is 254. The molecule has 1 aliphatic heterocycles. The largest absolute Gasteiger partial charge is 0.481 e. The van der Waals surface area contributed by atoms with E-state index in [0.29, 0.717) is 0 Å². The van der Waals surface area contributed by atoms with E-state index in [2.05, 4.69) is 4.98 Å². The molecule has 1 aliphatic carbocycles. The highest BCUT2D eigenvalue weighted by Gasteiger charge is 2.18. The second-order valence-corrected chi connectivity index (χ2v) is 1.92. The van der Waals surface area contributed by atoms with Crippen LogP contribution in [-0.4, -0.2) is 29.8 Å². The van der Waals surface area contributed by atoms with Gasteiger partial charge in [0.2, 0.25) is 5.88 Å². The highest BCUT2D eigenvalue weighted by molar-refractivity contribution is 6.13. The molecule has 1 heterocycles. The first kappa shape index (κ1) is 8.04. The van der Waals surface area contributed by atoms with Crippen LogP contribution < -0.4 is 4.74 Å². The minimum Gasteiger partial charge on any atom is -0.481 e. The Kier molecular flexibility index (Phi) is 2.46. The molecule has 2 N–H and O–H groups in total. The molecule has 2 aliphatic rings. The van der Waals surface area contributed by atoms with E-state index < -0.39 is 7.69 Å². The molecule has 0 saturated heterocycles. The van der Waals surface area contributed by atoms with Crippen LogP contribution >= 0.6 is 0 Å². The zero-order valence-electron chi connectivity index (χ0n) is 6.11. The minimum absolute atomic E-state index is 0.750. The molecular formula is C6H8BNO3. The number of aromatic nitrogens is 1. The maximum Gasteiger partial charge on any atom is 0.432 e. The highest BCUT2D eigenvalue weighted by Crippen LogP contribution is 2.40. The third kappa shape index (κ3) is 1.69. The Labute approximate surface area is 64.8 Å². The van der Waals surface area contributed by atoms with Crippen LogP contribution in [0.5, 0.6) is 5.88 Å². The topological polar surface area (TPSA) is 62.6 Å². The van der Waals surface area contributed by atoms with Gasteiger partial charge in [0, 0.05) is 17.3 Å². The van der Waals surface area contributed by atoms with Gasteiger partial charge in [-0.05, 0) is 6.07 Å². The van der Waals surface area contributed by atoms with E-state index in [1.807, 2.05) is 12.3 Å². The van der Waals surface area contributed by atoms with Gasteiger partial charge in [0.1, 0.15) is 0 Å². The zero-order valence-corrected chi connectivity index (χ0v) is 6.11. The van der Waals surface area contributed by atoms with E-state index in [9.17, 15) is 0 Å². The molecule has 0 atom stereocenters. The molecule has 0 aromatic heterocycles. The number of hydrogen-bond acceptors (Lipinski definition) is 4. The molecule has 2 rings (SSSR count). The molecule has 0 spiro atoms. The predicted molar refractivity (Wildman–Crippen MR) is 41.4 cm³/mol. The van der Waals surface area contributed by atoms with E-state index in [1.54, 1.807) is 7.11 Å². The Morgan fingerprint density at radius 3 is 2.36 bits per heavy atom. The molecule has 0 fully saturated rings. The lowest BCUT2D eigenvalue weighted by Crippen LogP contribution is -1.79. The summed E-state index contributed by atoms with van der Waals surface area (Å²) in [5, 5.41) is 14.2. The van der Waals surface area contributed by atoms with Gasteiger partial charge < -0.3 is 14.8 Å². The van der Waals surface area contributed by atoms with Crippen LogP contribution in [0.25, 0.3) is 11.1 Å². The van der Waals surface area contributed by atoms with Crippen molar-refractivity contribution in [2.45, 2.75) is 0 Å². The van der Waals surface area contributed by atoms with Crippen LogP contribution in [0.1, 0.15) is 0 Å². The van der Waals surface area contributed by atoms with Crippen molar-refractivity contribution in [2.24, 2.45) is 0 Å². The van der Waals surface area contributed by atoms with E-state index >= 15 is 0 Å².